The first-order valence-corrected chi connectivity index (χ1v) is 5.85. The van der Waals surface area contributed by atoms with E-state index in [2.05, 4.69) is 22.6 Å². The zero-order chi connectivity index (χ0) is 11.7. The average Bonchev–Trinajstić information content (AvgIpc) is 2.14. The summed E-state index contributed by atoms with van der Waals surface area (Å²) in [5.74, 6) is 0. The SMILES string of the molecule is Nc1cc(N)cc(-c2cc(N)cc(I)c2)c1. The second-order valence-electron chi connectivity index (χ2n) is 3.66. The van der Waals surface area contributed by atoms with Crippen molar-refractivity contribution in [1.29, 1.82) is 0 Å². The Morgan fingerprint density at radius 2 is 1.06 bits per heavy atom. The Kier molecular flexibility index (Phi) is 2.91. The number of hydrogen-bond acceptors (Lipinski definition) is 3. The summed E-state index contributed by atoms with van der Waals surface area (Å²) in [4.78, 5) is 0. The molecule has 4 heteroatoms. The lowest BCUT2D eigenvalue weighted by Gasteiger charge is -2.07. The van der Waals surface area contributed by atoms with Gasteiger partial charge in [-0.05, 0) is 70.1 Å². The van der Waals surface area contributed by atoms with Gasteiger partial charge in [0.15, 0.2) is 0 Å². The van der Waals surface area contributed by atoms with Crippen LogP contribution in [0.15, 0.2) is 36.4 Å². The van der Waals surface area contributed by atoms with Gasteiger partial charge < -0.3 is 17.2 Å². The standard InChI is InChI=1S/C12H12IN3/c13-9-1-7(2-10(14)5-9)8-3-11(15)6-12(16)4-8/h1-6H,14-16H2. The van der Waals surface area contributed by atoms with Crippen LogP contribution in [-0.2, 0) is 0 Å². The molecule has 0 saturated carbocycles. The summed E-state index contributed by atoms with van der Waals surface area (Å²) in [5.41, 5.74) is 21.4. The third kappa shape index (κ3) is 2.38. The van der Waals surface area contributed by atoms with Crippen molar-refractivity contribution in [2.75, 3.05) is 17.2 Å². The Balaban J connectivity index is 2.57. The van der Waals surface area contributed by atoms with Crippen LogP contribution >= 0.6 is 22.6 Å². The maximum Gasteiger partial charge on any atom is 0.0340 e. The lowest BCUT2D eigenvalue weighted by Crippen LogP contribution is -1.93. The van der Waals surface area contributed by atoms with Crippen molar-refractivity contribution in [1.82, 2.24) is 0 Å². The van der Waals surface area contributed by atoms with Crippen LogP contribution in [0.2, 0.25) is 0 Å². The Morgan fingerprint density at radius 1 is 0.625 bits per heavy atom. The first-order chi connectivity index (χ1) is 7.54. The molecule has 0 unspecified atom stereocenters. The molecule has 2 rings (SSSR count). The van der Waals surface area contributed by atoms with Crippen LogP contribution in [-0.4, -0.2) is 0 Å². The minimum absolute atomic E-state index is 0.660. The summed E-state index contributed by atoms with van der Waals surface area (Å²) >= 11 is 2.23. The van der Waals surface area contributed by atoms with E-state index >= 15 is 0 Å². The van der Waals surface area contributed by atoms with Gasteiger partial charge in [0.1, 0.15) is 0 Å². The van der Waals surface area contributed by atoms with E-state index in [9.17, 15) is 0 Å². The summed E-state index contributed by atoms with van der Waals surface area (Å²) < 4.78 is 1.09. The molecule has 0 aliphatic rings. The Bertz CT molecular complexity index is 448. The third-order valence-electron chi connectivity index (χ3n) is 2.23. The lowest BCUT2D eigenvalue weighted by atomic mass is 10.0. The molecule has 0 fully saturated rings. The van der Waals surface area contributed by atoms with Gasteiger partial charge in [-0.15, -0.1) is 0 Å². The molecule has 0 amide bonds. The fourth-order valence-electron chi connectivity index (χ4n) is 1.62. The highest BCUT2D eigenvalue weighted by atomic mass is 127. The number of halogens is 1. The molecule has 0 bridgehead atoms. The molecule has 0 atom stereocenters. The van der Waals surface area contributed by atoms with Gasteiger partial charge >= 0.3 is 0 Å². The number of rotatable bonds is 1. The fraction of sp³-hybridized carbons (Fsp3) is 0. The van der Waals surface area contributed by atoms with Crippen molar-refractivity contribution < 1.29 is 0 Å². The van der Waals surface area contributed by atoms with E-state index in [0.717, 1.165) is 20.4 Å². The summed E-state index contributed by atoms with van der Waals surface area (Å²) in [5, 5.41) is 0. The summed E-state index contributed by atoms with van der Waals surface area (Å²) in [6.45, 7) is 0. The summed E-state index contributed by atoms with van der Waals surface area (Å²) in [7, 11) is 0. The van der Waals surface area contributed by atoms with Gasteiger partial charge in [0, 0.05) is 20.6 Å². The second-order valence-corrected chi connectivity index (χ2v) is 4.91. The van der Waals surface area contributed by atoms with Crippen LogP contribution < -0.4 is 17.2 Å². The molecule has 0 spiro atoms. The van der Waals surface area contributed by atoms with E-state index in [1.54, 1.807) is 6.07 Å². The maximum absolute atomic E-state index is 5.81. The van der Waals surface area contributed by atoms with E-state index in [0.29, 0.717) is 11.4 Å². The van der Waals surface area contributed by atoms with Crippen LogP contribution in [0.3, 0.4) is 0 Å². The van der Waals surface area contributed by atoms with Crippen LogP contribution in [0, 0.1) is 3.57 Å². The van der Waals surface area contributed by atoms with E-state index in [1.807, 2.05) is 30.3 Å². The molecule has 6 N–H and O–H groups in total. The van der Waals surface area contributed by atoms with Crippen molar-refractivity contribution >= 4 is 39.7 Å². The van der Waals surface area contributed by atoms with Crippen molar-refractivity contribution in [3.63, 3.8) is 0 Å². The molecule has 0 radical (unpaired) electrons. The van der Waals surface area contributed by atoms with E-state index in [4.69, 9.17) is 17.2 Å². The normalized spacial score (nSPS) is 10.3. The number of anilines is 3. The maximum atomic E-state index is 5.81. The van der Waals surface area contributed by atoms with E-state index in [-0.39, 0.29) is 0 Å². The van der Waals surface area contributed by atoms with Gasteiger partial charge in [-0.2, -0.15) is 0 Å². The van der Waals surface area contributed by atoms with Gasteiger partial charge in [0.05, 0.1) is 0 Å². The third-order valence-corrected chi connectivity index (χ3v) is 2.85. The van der Waals surface area contributed by atoms with E-state index < -0.39 is 0 Å². The number of hydrogen-bond donors (Lipinski definition) is 3. The first kappa shape index (κ1) is 11.1. The average molecular weight is 325 g/mol. The Morgan fingerprint density at radius 3 is 1.56 bits per heavy atom. The molecule has 2 aromatic carbocycles. The Hall–Kier alpha value is -1.43. The van der Waals surface area contributed by atoms with Crippen molar-refractivity contribution in [3.8, 4) is 11.1 Å². The molecule has 2 aromatic rings. The smallest absolute Gasteiger partial charge is 0.0340 e. The minimum Gasteiger partial charge on any atom is -0.399 e. The topological polar surface area (TPSA) is 78.1 Å². The highest BCUT2D eigenvalue weighted by Gasteiger charge is 2.02. The highest BCUT2D eigenvalue weighted by Crippen LogP contribution is 2.27. The minimum atomic E-state index is 0.660. The zero-order valence-electron chi connectivity index (χ0n) is 8.57. The summed E-state index contributed by atoms with van der Waals surface area (Å²) in [6, 6.07) is 11.4. The van der Waals surface area contributed by atoms with Crippen molar-refractivity contribution in [2.24, 2.45) is 0 Å². The van der Waals surface area contributed by atoms with Crippen molar-refractivity contribution in [2.45, 2.75) is 0 Å². The molecule has 0 heterocycles. The largest absolute Gasteiger partial charge is 0.399 e. The monoisotopic (exact) mass is 325 g/mol. The number of nitrogens with two attached hydrogens (primary N) is 3. The zero-order valence-corrected chi connectivity index (χ0v) is 10.7. The molecule has 0 aliphatic heterocycles. The van der Waals surface area contributed by atoms with Gasteiger partial charge in [-0.25, -0.2) is 0 Å². The van der Waals surface area contributed by atoms with Gasteiger partial charge in [-0.3, -0.25) is 0 Å². The second kappa shape index (κ2) is 4.21. The molecular weight excluding hydrogens is 313 g/mol. The quantitative estimate of drug-likeness (QED) is 0.557. The van der Waals surface area contributed by atoms with Gasteiger partial charge in [-0.1, -0.05) is 0 Å². The van der Waals surface area contributed by atoms with Crippen molar-refractivity contribution in [3.05, 3.63) is 40.0 Å². The van der Waals surface area contributed by atoms with Crippen LogP contribution in [0.25, 0.3) is 11.1 Å². The predicted molar refractivity (Wildman–Crippen MR) is 77.8 cm³/mol. The predicted octanol–water partition coefficient (Wildman–Crippen LogP) is 2.70. The Labute approximate surface area is 108 Å². The number of nitrogen functional groups attached to an aromatic ring is 3. The number of benzene rings is 2. The van der Waals surface area contributed by atoms with Gasteiger partial charge in [0.2, 0.25) is 0 Å². The molecular formula is C12H12IN3. The lowest BCUT2D eigenvalue weighted by molar-refractivity contribution is 1.58. The van der Waals surface area contributed by atoms with Crippen LogP contribution in [0.1, 0.15) is 0 Å². The van der Waals surface area contributed by atoms with Crippen LogP contribution in [0.4, 0.5) is 17.1 Å². The molecule has 0 saturated heterocycles. The van der Waals surface area contributed by atoms with E-state index in [1.165, 1.54) is 0 Å². The van der Waals surface area contributed by atoms with Gasteiger partial charge in [0.25, 0.3) is 0 Å². The molecule has 3 nitrogen and oxygen atoms in total. The molecule has 0 aromatic heterocycles. The molecule has 0 aliphatic carbocycles. The first-order valence-electron chi connectivity index (χ1n) is 4.77. The van der Waals surface area contributed by atoms with Crippen LogP contribution in [0.5, 0.6) is 0 Å². The highest BCUT2D eigenvalue weighted by molar-refractivity contribution is 14.1. The summed E-state index contributed by atoms with van der Waals surface area (Å²) in [6.07, 6.45) is 0. The molecule has 82 valence electrons. The fourth-order valence-corrected chi connectivity index (χ4v) is 2.32. The molecule has 16 heavy (non-hydrogen) atoms.